The van der Waals surface area contributed by atoms with Crippen LogP contribution in [-0.4, -0.2) is 61.1 Å². The SMILES string of the molecule is CN(C)C(NCC(=O)O)(P=S)N(C)C. The van der Waals surface area contributed by atoms with E-state index < -0.39 is 11.5 Å². The summed E-state index contributed by atoms with van der Waals surface area (Å²) in [5.74, 6) is -0.892. The number of aliphatic carboxylic acids is 1. The Morgan fingerprint density at radius 2 is 1.86 bits per heavy atom. The van der Waals surface area contributed by atoms with Crippen LogP contribution in [0.1, 0.15) is 0 Å². The van der Waals surface area contributed by atoms with Gasteiger partial charge in [-0.1, -0.05) is 11.8 Å². The average Bonchev–Trinajstić information content (AvgIpc) is 2.04. The van der Waals surface area contributed by atoms with Crippen LogP contribution in [0.2, 0.25) is 0 Å². The highest BCUT2D eigenvalue weighted by Crippen LogP contribution is 2.24. The Morgan fingerprint density at radius 1 is 1.43 bits per heavy atom. The molecule has 0 saturated carbocycles. The van der Waals surface area contributed by atoms with Crippen molar-refractivity contribution >= 4 is 25.1 Å². The molecule has 0 aromatic heterocycles. The molecule has 0 aromatic carbocycles. The molecule has 0 radical (unpaired) electrons. The van der Waals surface area contributed by atoms with Crippen molar-refractivity contribution in [2.45, 2.75) is 5.53 Å². The molecule has 0 saturated heterocycles. The van der Waals surface area contributed by atoms with Crippen molar-refractivity contribution in [3.8, 4) is 0 Å². The largest absolute Gasteiger partial charge is 0.480 e. The molecule has 0 rings (SSSR count). The van der Waals surface area contributed by atoms with E-state index in [9.17, 15) is 4.79 Å². The van der Waals surface area contributed by atoms with Gasteiger partial charge >= 0.3 is 5.97 Å². The maximum absolute atomic E-state index is 10.5. The van der Waals surface area contributed by atoms with Gasteiger partial charge in [-0.25, -0.2) is 0 Å². The molecule has 0 atom stereocenters. The quantitative estimate of drug-likeness (QED) is 0.493. The van der Waals surface area contributed by atoms with Crippen molar-refractivity contribution in [1.29, 1.82) is 0 Å². The van der Waals surface area contributed by atoms with Crippen molar-refractivity contribution in [3.63, 3.8) is 0 Å². The van der Waals surface area contributed by atoms with Gasteiger partial charge in [0.1, 0.15) is 0 Å². The number of rotatable bonds is 6. The van der Waals surface area contributed by atoms with Gasteiger partial charge in [-0.05, 0) is 28.2 Å². The molecule has 82 valence electrons. The van der Waals surface area contributed by atoms with Gasteiger partial charge in [0.05, 0.1) is 6.54 Å². The van der Waals surface area contributed by atoms with Crippen LogP contribution in [0.4, 0.5) is 0 Å². The molecule has 0 aliphatic carbocycles. The number of hydrogen-bond donors (Lipinski definition) is 2. The van der Waals surface area contributed by atoms with Gasteiger partial charge in [-0.2, -0.15) is 0 Å². The lowest BCUT2D eigenvalue weighted by atomic mass is 10.5. The highest BCUT2D eigenvalue weighted by molar-refractivity contribution is 7.97. The molecule has 0 aromatic rings. The van der Waals surface area contributed by atoms with E-state index in [4.69, 9.17) is 16.9 Å². The second-order valence-corrected chi connectivity index (χ2v) is 4.62. The lowest BCUT2D eigenvalue weighted by Crippen LogP contribution is -2.61. The second kappa shape index (κ2) is 5.68. The van der Waals surface area contributed by atoms with Crippen molar-refractivity contribution in [1.82, 2.24) is 15.1 Å². The highest BCUT2D eigenvalue weighted by Gasteiger charge is 2.33. The summed E-state index contributed by atoms with van der Waals surface area (Å²) < 4.78 is 0. The fourth-order valence-electron chi connectivity index (χ4n) is 1.11. The van der Waals surface area contributed by atoms with Gasteiger partial charge in [0, 0.05) is 7.36 Å². The van der Waals surface area contributed by atoms with Gasteiger partial charge in [-0.15, -0.1) is 0 Å². The molecular formula is C7H16N3O2PS. The molecule has 5 nitrogen and oxygen atoms in total. The van der Waals surface area contributed by atoms with Gasteiger partial charge < -0.3 is 5.11 Å². The van der Waals surface area contributed by atoms with E-state index in [0.717, 1.165) is 0 Å². The van der Waals surface area contributed by atoms with Gasteiger partial charge in [-0.3, -0.25) is 19.9 Å². The lowest BCUT2D eigenvalue weighted by molar-refractivity contribution is -0.137. The van der Waals surface area contributed by atoms with Gasteiger partial charge in [0.15, 0.2) is 5.53 Å². The fourth-order valence-corrected chi connectivity index (χ4v) is 2.75. The Morgan fingerprint density at radius 3 is 2.07 bits per heavy atom. The predicted octanol–water partition coefficient (Wildman–Crippen LogP) is -0.197. The molecule has 0 bridgehead atoms. The molecule has 0 aliphatic rings. The number of carboxylic acids is 1. The number of carbonyl (C=O) groups is 1. The predicted molar refractivity (Wildman–Crippen MR) is 60.0 cm³/mol. The third kappa shape index (κ3) is 3.22. The Kier molecular flexibility index (Phi) is 5.63. The third-order valence-electron chi connectivity index (χ3n) is 1.85. The molecule has 0 heterocycles. The monoisotopic (exact) mass is 237 g/mol. The summed E-state index contributed by atoms with van der Waals surface area (Å²) >= 11 is 5.02. The van der Waals surface area contributed by atoms with Crippen LogP contribution in [0.3, 0.4) is 0 Å². The number of nitrogens with one attached hydrogen (secondary N) is 1. The Labute approximate surface area is 90.9 Å². The van der Waals surface area contributed by atoms with Crippen molar-refractivity contribution in [3.05, 3.63) is 0 Å². The summed E-state index contributed by atoms with van der Waals surface area (Å²) in [6, 6.07) is 0. The summed E-state index contributed by atoms with van der Waals surface area (Å²) in [7, 11) is 8.06. The molecular weight excluding hydrogens is 221 g/mol. The van der Waals surface area contributed by atoms with E-state index in [0.29, 0.717) is 7.36 Å². The zero-order chi connectivity index (χ0) is 11.4. The second-order valence-electron chi connectivity index (χ2n) is 3.26. The fraction of sp³-hybridized carbons (Fsp3) is 0.857. The van der Waals surface area contributed by atoms with Gasteiger partial charge in [0.2, 0.25) is 0 Å². The van der Waals surface area contributed by atoms with E-state index in [1.807, 2.05) is 38.0 Å². The summed E-state index contributed by atoms with van der Waals surface area (Å²) in [5, 5.41) is 11.5. The standard InChI is InChI=1S/C7H16N3O2PS/c1-9(2)7(13-14,10(3)4)8-5-6(11)12/h8H,5H2,1-4H3,(H,11,12). The molecule has 0 spiro atoms. The Balaban J connectivity index is 4.68. The first-order chi connectivity index (χ1) is 6.36. The Bertz CT molecular complexity index is 215. The summed E-state index contributed by atoms with van der Waals surface area (Å²) in [5.41, 5.74) is -0.603. The molecule has 0 fully saturated rings. The third-order valence-corrected chi connectivity index (χ3v) is 3.83. The van der Waals surface area contributed by atoms with Crippen LogP contribution in [0.15, 0.2) is 0 Å². The van der Waals surface area contributed by atoms with Crippen LogP contribution >= 0.6 is 7.36 Å². The zero-order valence-corrected chi connectivity index (χ0v) is 10.5. The summed E-state index contributed by atoms with van der Waals surface area (Å²) in [6.45, 7) is -0.111. The maximum atomic E-state index is 10.5. The minimum absolute atomic E-state index is 0.111. The minimum Gasteiger partial charge on any atom is -0.480 e. The number of nitrogens with zero attached hydrogens (tertiary/aromatic N) is 2. The summed E-state index contributed by atoms with van der Waals surface area (Å²) in [4.78, 5) is 14.2. The number of carboxylic acid groups (broad SMARTS) is 1. The molecule has 0 aliphatic heterocycles. The first kappa shape index (κ1) is 13.9. The van der Waals surface area contributed by atoms with E-state index in [2.05, 4.69) is 5.32 Å². The zero-order valence-electron chi connectivity index (χ0n) is 8.81. The highest BCUT2D eigenvalue weighted by atomic mass is 32.4. The molecule has 14 heavy (non-hydrogen) atoms. The van der Waals surface area contributed by atoms with Crippen LogP contribution in [-0.2, 0) is 16.6 Å². The van der Waals surface area contributed by atoms with E-state index in [-0.39, 0.29) is 6.54 Å². The van der Waals surface area contributed by atoms with Crippen LogP contribution < -0.4 is 5.32 Å². The molecule has 0 unspecified atom stereocenters. The van der Waals surface area contributed by atoms with Crippen LogP contribution in [0.5, 0.6) is 0 Å². The van der Waals surface area contributed by atoms with Crippen molar-refractivity contribution in [2.75, 3.05) is 34.7 Å². The van der Waals surface area contributed by atoms with Gasteiger partial charge in [0.25, 0.3) is 0 Å². The normalized spacial score (nSPS) is 12.7. The molecule has 2 N–H and O–H groups in total. The smallest absolute Gasteiger partial charge is 0.317 e. The van der Waals surface area contributed by atoms with Crippen molar-refractivity contribution in [2.24, 2.45) is 0 Å². The summed E-state index contributed by atoms with van der Waals surface area (Å²) in [6.07, 6.45) is 0. The minimum atomic E-state index is -0.892. The van der Waals surface area contributed by atoms with E-state index >= 15 is 0 Å². The number of hydrogen-bond acceptors (Lipinski definition) is 5. The first-order valence-electron chi connectivity index (χ1n) is 4.03. The Hall–Kier alpha value is -0.130. The van der Waals surface area contributed by atoms with E-state index in [1.54, 1.807) is 0 Å². The average molecular weight is 237 g/mol. The van der Waals surface area contributed by atoms with E-state index in [1.165, 1.54) is 0 Å². The van der Waals surface area contributed by atoms with Crippen molar-refractivity contribution < 1.29 is 9.90 Å². The first-order valence-corrected chi connectivity index (χ1v) is 5.93. The van der Waals surface area contributed by atoms with Crippen LogP contribution in [0, 0.1) is 0 Å². The molecule has 7 heteroatoms. The topological polar surface area (TPSA) is 55.8 Å². The maximum Gasteiger partial charge on any atom is 0.317 e. The molecule has 0 amide bonds. The van der Waals surface area contributed by atoms with Crippen LogP contribution in [0.25, 0.3) is 0 Å². The lowest BCUT2D eigenvalue weighted by Gasteiger charge is -2.41.